The summed E-state index contributed by atoms with van der Waals surface area (Å²) in [6, 6.07) is 3.23. The number of nitro benzene ring substituents is 1. The fraction of sp³-hybridized carbons (Fsp3) is 0.250. The van der Waals surface area contributed by atoms with Gasteiger partial charge in [0.1, 0.15) is 5.02 Å². The lowest BCUT2D eigenvalue weighted by atomic mass is 10.2. The van der Waals surface area contributed by atoms with Gasteiger partial charge in [0, 0.05) is 7.11 Å². The first-order valence-corrected chi connectivity index (χ1v) is 5.13. The second-order valence-electron chi connectivity index (χ2n) is 2.56. The van der Waals surface area contributed by atoms with E-state index in [2.05, 4.69) is 0 Å². The standard InChI is InChI=1S/C8H7ClINO3/c1-14-4-5-2-3-6(9)8(7(5)10)11(12)13/h2-3H,4H2,1H3. The Labute approximate surface area is 99.5 Å². The summed E-state index contributed by atoms with van der Waals surface area (Å²) in [4.78, 5) is 10.2. The summed E-state index contributed by atoms with van der Waals surface area (Å²) in [5.74, 6) is 0. The van der Waals surface area contributed by atoms with Crippen molar-refractivity contribution >= 4 is 39.9 Å². The maximum Gasteiger partial charge on any atom is 0.301 e. The van der Waals surface area contributed by atoms with E-state index in [0.29, 0.717) is 10.2 Å². The molecule has 0 heterocycles. The van der Waals surface area contributed by atoms with Crippen LogP contribution < -0.4 is 0 Å². The smallest absolute Gasteiger partial charge is 0.301 e. The third-order valence-electron chi connectivity index (χ3n) is 1.63. The van der Waals surface area contributed by atoms with Crippen LogP contribution in [0.1, 0.15) is 5.56 Å². The number of halogens is 2. The van der Waals surface area contributed by atoms with Gasteiger partial charge in [-0.2, -0.15) is 0 Å². The summed E-state index contributed by atoms with van der Waals surface area (Å²) >= 11 is 7.61. The van der Waals surface area contributed by atoms with Crippen molar-refractivity contribution in [2.24, 2.45) is 0 Å². The largest absolute Gasteiger partial charge is 0.380 e. The Kier molecular flexibility index (Phi) is 4.09. The fourth-order valence-electron chi connectivity index (χ4n) is 1.02. The summed E-state index contributed by atoms with van der Waals surface area (Å²) in [6.07, 6.45) is 0. The van der Waals surface area contributed by atoms with E-state index in [-0.39, 0.29) is 10.7 Å². The molecule has 14 heavy (non-hydrogen) atoms. The molecule has 1 aromatic carbocycles. The van der Waals surface area contributed by atoms with Crippen LogP contribution in [0.3, 0.4) is 0 Å². The first-order valence-electron chi connectivity index (χ1n) is 3.68. The van der Waals surface area contributed by atoms with Gasteiger partial charge >= 0.3 is 5.69 Å². The second kappa shape index (κ2) is 4.90. The van der Waals surface area contributed by atoms with E-state index in [4.69, 9.17) is 16.3 Å². The van der Waals surface area contributed by atoms with Crippen molar-refractivity contribution in [1.29, 1.82) is 0 Å². The molecule has 6 heteroatoms. The minimum atomic E-state index is -0.483. The first kappa shape index (κ1) is 11.7. The zero-order chi connectivity index (χ0) is 10.7. The van der Waals surface area contributed by atoms with Crippen molar-refractivity contribution in [3.8, 4) is 0 Å². The Morgan fingerprint density at radius 2 is 2.29 bits per heavy atom. The van der Waals surface area contributed by atoms with Gasteiger partial charge in [0.2, 0.25) is 0 Å². The summed E-state index contributed by atoms with van der Waals surface area (Å²) in [5, 5.41) is 10.8. The molecule has 0 unspecified atom stereocenters. The number of ether oxygens (including phenoxy) is 1. The maximum absolute atomic E-state index is 10.7. The Hall–Kier alpha value is -0.400. The van der Waals surface area contributed by atoms with Crippen LogP contribution in [0, 0.1) is 13.7 Å². The summed E-state index contributed by atoms with van der Waals surface area (Å²) in [6.45, 7) is 0.344. The minimum absolute atomic E-state index is 0.0539. The molecular formula is C8H7ClINO3. The van der Waals surface area contributed by atoms with E-state index in [0.717, 1.165) is 5.56 Å². The van der Waals surface area contributed by atoms with Crippen LogP contribution in [0.2, 0.25) is 5.02 Å². The first-order chi connectivity index (χ1) is 6.57. The van der Waals surface area contributed by atoms with E-state index in [1.807, 2.05) is 22.6 Å². The van der Waals surface area contributed by atoms with Gasteiger partial charge in [0.05, 0.1) is 15.1 Å². The van der Waals surface area contributed by atoms with Crippen LogP contribution in [-0.2, 0) is 11.3 Å². The molecule has 1 rings (SSSR count). The number of nitrogens with zero attached hydrogens (tertiary/aromatic N) is 1. The van der Waals surface area contributed by atoms with Crippen molar-refractivity contribution in [1.82, 2.24) is 0 Å². The number of hydrogen-bond donors (Lipinski definition) is 0. The zero-order valence-electron chi connectivity index (χ0n) is 7.29. The molecule has 0 atom stereocenters. The Balaban J connectivity index is 3.26. The molecule has 0 aliphatic carbocycles. The highest BCUT2D eigenvalue weighted by molar-refractivity contribution is 14.1. The van der Waals surface area contributed by atoms with Gasteiger partial charge < -0.3 is 4.74 Å². The second-order valence-corrected chi connectivity index (χ2v) is 4.05. The van der Waals surface area contributed by atoms with E-state index in [1.54, 1.807) is 6.07 Å². The van der Waals surface area contributed by atoms with Crippen molar-refractivity contribution in [3.05, 3.63) is 36.4 Å². The molecule has 0 spiro atoms. The molecular weight excluding hydrogens is 320 g/mol. The van der Waals surface area contributed by atoms with Gasteiger partial charge in [-0.25, -0.2) is 0 Å². The normalized spacial score (nSPS) is 10.2. The number of rotatable bonds is 3. The van der Waals surface area contributed by atoms with Gasteiger partial charge in [-0.15, -0.1) is 0 Å². The average molecular weight is 328 g/mol. The van der Waals surface area contributed by atoms with Gasteiger partial charge in [-0.3, -0.25) is 10.1 Å². The zero-order valence-corrected chi connectivity index (χ0v) is 10.2. The Morgan fingerprint density at radius 3 is 2.79 bits per heavy atom. The molecule has 0 N–H and O–H groups in total. The third kappa shape index (κ3) is 2.34. The number of benzene rings is 1. The monoisotopic (exact) mass is 327 g/mol. The van der Waals surface area contributed by atoms with E-state index >= 15 is 0 Å². The molecule has 0 radical (unpaired) electrons. The van der Waals surface area contributed by atoms with Crippen molar-refractivity contribution < 1.29 is 9.66 Å². The quantitative estimate of drug-likeness (QED) is 0.487. The minimum Gasteiger partial charge on any atom is -0.380 e. The average Bonchev–Trinajstić information content (AvgIpc) is 2.10. The van der Waals surface area contributed by atoms with E-state index in [9.17, 15) is 10.1 Å². The number of methoxy groups -OCH3 is 1. The summed E-state index contributed by atoms with van der Waals surface area (Å²) in [7, 11) is 1.54. The molecule has 0 saturated heterocycles. The summed E-state index contributed by atoms with van der Waals surface area (Å²) < 4.78 is 5.44. The number of hydrogen-bond acceptors (Lipinski definition) is 3. The highest BCUT2D eigenvalue weighted by Gasteiger charge is 2.19. The lowest BCUT2D eigenvalue weighted by Crippen LogP contribution is -1.98. The van der Waals surface area contributed by atoms with Gasteiger partial charge in [-0.05, 0) is 34.2 Å². The van der Waals surface area contributed by atoms with E-state index < -0.39 is 4.92 Å². The predicted molar refractivity (Wildman–Crippen MR) is 61.5 cm³/mol. The van der Waals surface area contributed by atoms with Crippen LogP contribution in [0.15, 0.2) is 12.1 Å². The Morgan fingerprint density at radius 1 is 1.64 bits per heavy atom. The van der Waals surface area contributed by atoms with Crippen LogP contribution in [0.4, 0.5) is 5.69 Å². The van der Waals surface area contributed by atoms with Crippen LogP contribution in [0.5, 0.6) is 0 Å². The van der Waals surface area contributed by atoms with Crippen LogP contribution >= 0.6 is 34.2 Å². The van der Waals surface area contributed by atoms with Crippen molar-refractivity contribution in [2.45, 2.75) is 6.61 Å². The lowest BCUT2D eigenvalue weighted by molar-refractivity contribution is -0.385. The molecule has 1 aromatic rings. The highest BCUT2D eigenvalue weighted by atomic mass is 127. The molecule has 0 fully saturated rings. The summed E-state index contributed by atoms with van der Waals surface area (Å²) in [5.41, 5.74) is 0.714. The van der Waals surface area contributed by atoms with Crippen LogP contribution in [-0.4, -0.2) is 12.0 Å². The molecule has 0 bridgehead atoms. The van der Waals surface area contributed by atoms with Crippen LogP contribution in [0.25, 0.3) is 0 Å². The van der Waals surface area contributed by atoms with Gasteiger partial charge in [0.15, 0.2) is 0 Å². The number of nitro groups is 1. The molecule has 0 amide bonds. The maximum atomic E-state index is 10.7. The predicted octanol–water partition coefficient (Wildman–Crippen LogP) is 3.00. The topological polar surface area (TPSA) is 52.4 Å². The lowest BCUT2D eigenvalue weighted by Gasteiger charge is -2.04. The molecule has 4 nitrogen and oxygen atoms in total. The molecule has 0 aliphatic rings. The molecule has 0 saturated carbocycles. The van der Waals surface area contributed by atoms with Crippen molar-refractivity contribution in [3.63, 3.8) is 0 Å². The van der Waals surface area contributed by atoms with E-state index in [1.165, 1.54) is 13.2 Å². The Bertz CT molecular complexity index is 370. The SMILES string of the molecule is COCc1ccc(Cl)c([N+](=O)[O-])c1I. The highest BCUT2D eigenvalue weighted by Crippen LogP contribution is 2.32. The van der Waals surface area contributed by atoms with Crippen molar-refractivity contribution in [2.75, 3.05) is 7.11 Å². The third-order valence-corrected chi connectivity index (χ3v) is 3.14. The van der Waals surface area contributed by atoms with Gasteiger partial charge in [-0.1, -0.05) is 17.7 Å². The molecule has 76 valence electrons. The molecule has 0 aliphatic heterocycles. The fourth-order valence-corrected chi connectivity index (χ4v) is 2.23. The van der Waals surface area contributed by atoms with Gasteiger partial charge in [0.25, 0.3) is 0 Å². The molecule has 0 aromatic heterocycles.